The Morgan fingerprint density at radius 1 is 2.00 bits per heavy atom. The highest BCUT2D eigenvalue weighted by atomic mass is 16.5. The maximum absolute atomic E-state index is 10.7. The van der Waals surface area contributed by atoms with Crippen molar-refractivity contribution in [3.63, 3.8) is 0 Å². The van der Waals surface area contributed by atoms with Gasteiger partial charge in [-0.1, -0.05) is 13.0 Å². The Labute approximate surface area is 80.6 Å². The Bertz CT molecular complexity index is 325. The van der Waals surface area contributed by atoms with Gasteiger partial charge in [-0.2, -0.15) is 0 Å². The summed E-state index contributed by atoms with van der Waals surface area (Å²) in [7, 11) is 0. The summed E-state index contributed by atoms with van der Waals surface area (Å²) in [6.07, 6.45) is -1.29. The maximum atomic E-state index is 10.7. The molecule has 1 fully saturated rings. The van der Waals surface area contributed by atoms with E-state index in [0.29, 0.717) is 6.29 Å². The number of rotatable bonds is 3. The van der Waals surface area contributed by atoms with E-state index < -0.39 is 30.8 Å². The predicted octanol–water partition coefficient (Wildman–Crippen LogP) is 1.95. The van der Waals surface area contributed by atoms with Crippen molar-refractivity contribution < 1.29 is 16.4 Å². The third kappa shape index (κ3) is 1.75. The second-order valence-electron chi connectivity index (χ2n) is 2.97. The molecule has 0 amide bonds. The molecule has 2 heteroatoms. The van der Waals surface area contributed by atoms with Crippen LogP contribution in [0, 0.1) is 5.92 Å². The summed E-state index contributed by atoms with van der Waals surface area (Å²) in [6, 6.07) is 0. The first-order valence-electron chi connectivity index (χ1n) is 6.38. The normalized spacial score (nSPS) is 49.1. The molecule has 0 aromatic heterocycles. The number of aldehydes is 1. The van der Waals surface area contributed by atoms with Gasteiger partial charge in [0.25, 0.3) is 0 Å². The Balaban J connectivity index is 3.16. The molecule has 0 radical (unpaired) electrons. The largest absolute Gasteiger partial charge is 0.367 e. The first-order valence-corrected chi connectivity index (χ1v) is 3.88. The fourth-order valence-corrected chi connectivity index (χ4v) is 1.08. The van der Waals surface area contributed by atoms with E-state index in [2.05, 4.69) is 6.58 Å². The zero-order valence-corrected chi connectivity index (χ0v) is 7.04. The fourth-order valence-electron chi connectivity index (χ4n) is 1.08. The number of carbonyl (C=O) groups is 1. The lowest BCUT2D eigenvalue weighted by molar-refractivity contribution is -0.115. The van der Waals surface area contributed by atoms with E-state index in [1.165, 1.54) is 0 Å². The van der Waals surface area contributed by atoms with E-state index in [9.17, 15) is 4.79 Å². The van der Waals surface area contributed by atoms with Crippen LogP contribution < -0.4 is 0 Å². The topological polar surface area (TPSA) is 26.3 Å². The minimum atomic E-state index is -2.66. The molecule has 1 aliphatic heterocycles. The van der Waals surface area contributed by atoms with Gasteiger partial charge in [-0.05, 0) is 19.6 Å². The minimum absolute atomic E-state index is 0.128. The predicted molar refractivity (Wildman–Crippen MR) is 47.9 cm³/mol. The number of hydrogen-bond acceptors (Lipinski definition) is 2. The van der Waals surface area contributed by atoms with Crippen molar-refractivity contribution >= 4 is 6.29 Å². The van der Waals surface area contributed by atoms with Crippen LogP contribution in [-0.2, 0) is 9.53 Å². The average Bonchev–Trinajstić information content (AvgIpc) is 2.48. The lowest BCUT2D eigenvalue weighted by atomic mass is 10.00. The van der Waals surface area contributed by atoms with Gasteiger partial charge in [0.1, 0.15) is 6.29 Å². The van der Waals surface area contributed by atoms with Crippen LogP contribution in [0.15, 0.2) is 12.7 Å². The van der Waals surface area contributed by atoms with E-state index in [1.807, 2.05) is 0 Å². The van der Waals surface area contributed by atoms with Crippen LogP contribution in [0.4, 0.5) is 0 Å². The Morgan fingerprint density at radius 3 is 3.17 bits per heavy atom. The summed E-state index contributed by atoms with van der Waals surface area (Å²) in [5.74, 6) is -0.547. The van der Waals surface area contributed by atoms with Gasteiger partial charge in [-0.25, -0.2) is 0 Å². The number of carbonyl (C=O) groups excluding carboxylic acids is 1. The molecule has 0 bridgehead atoms. The third-order valence-corrected chi connectivity index (χ3v) is 1.99. The van der Waals surface area contributed by atoms with Gasteiger partial charge in [-0.3, -0.25) is 0 Å². The van der Waals surface area contributed by atoms with Crippen molar-refractivity contribution in [2.24, 2.45) is 5.92 Å². The standard InChI is InChI=1S/C10H16O2/c1-4-10(3)6-5-9(12-10)8(2)7-11/h4,7-9H,1,5-6H2,2-3H3/t8-,9+,10-/m1/s1/i3D3,6D2. The van der Waals surface area contributed by atoms with Crippen LogP contribution in [0.1, 0.15) is 33.4 Å². The van der Waals surface area contributed by atoms with E-state index in [0.717, 1.165) is 6.08 Å². The second-order valence-corrected chi connectivity index (χ2v) is 2.97. The second kappa shape index (κ2) is 3.40. The van der Waals surface area contributed by atoms with Crippen LogP contribution in [0.25, 0.3) is 0 Å². The van der Waals surface area contributed by atoms with Crippen molar-refractivity contribution in [3.8, 4) is 0 Å². The highest BCUT2D eigenvalue weighted by Crippen LogP contribution is 2.33. The zero-order chi connectivity index (χ0) is 13.5. The van der Waals surface area contributed by atoms with Crippen molar-refractivity contribution in [2.45, 2.75) is 38.3 Å². The summed E-state index contributed by atoms with van der Waals surface area (Å²) in [5, 5.41) is 0. The van der Waals surface area contributed by atoms with Gasteiger partial charge in [0.15, 0.2) is 0 Å². The van der Waals surface area contributed by atoms with Crippen molar-refractivity contribution in [2.75, 3.05) is 0 Å². The first kappa shape index (κ1) is 4.56. The zero-order valence-electron chi connectivity index (χ0n) is 12.0. The molecule has 1 rings (SSSR count). The van der Waals surface area contributed by atoms with Gasteiger partial charge in [0, 0.05) is 12.8 Å². The highest BCUT2D eigenvalue weighted by Gasteiger charge is 2.35. The molecule has 68 valence electrons. The fraction of sp³-hybridized carbons (Fsp3) is 0.700. The van der Waals surface area contributed by atoms with Crippen molar-refractivity contribution in [1.82, 2.24) is 0 Å². The molecule has 1 aliphatic rings. The molecule has 2 nitrogen and oxygen atoms in total. The lowest BCUT2D eigenvalue weighted by Crippen LogP contribution is -2.25. The molecular formula is C10H16O2. The number of hydrogen-bond donors (Lipinski definition) is 0. The van der Waals surface area contributed by atoms with E-state index in [1.54, 1.807) is 6.92 Å². The van der Waals surface area contributed by atoms with Crippen LogP contribution in [-0.4, -0.2) is 18.0 Å². The Morgan fingerprint density at radius 2 is 2.75 bits per heavy atom. The van der Waals surface area contributed by atoms with Gasteiger partial charge in [0.05, 0.1) is 11.7 Å². The minimum Gasteiger partial charge on any atom is -0.367 e. The quantitative estimate of drug-likeness (QED) is 0.481. The smallest absolute Gasteiger partial charge is 0.125 e. The van der Waals surface area contributed by atoms with E-state index in [4.69, 9.17) is 11.6 Å². The molecule has 0 saturated carbocycles. The van der Waals surface area contributed by atoms with Crippen LogP contribution in [0.2, 0.25) is 0 Å². The van der Waals surface area contributed by atoms with Crippen LogP contribution in [0.3, 0.4) is 0 Å². The summed E-state index contributed by atoms with van der Waals surface area (Å²) in [5.41, 5.74) is -2.04. The highest BCUT2D eigenvalue weighted by molar-refractivity contribution is 5.53. The van der Waals surface area contributed by atoms with Crippen molar-refractivity contribution in [1.29, 1.82) is 0 Å². The summed E-state index contributed by atoms with van der Waals surface area (Å²) >= 11 is 0. The van der Waals surface area contributed by atoms with Crippen LogP contribution >= 0.6 is 0 Å². The molecule has 0 aromatic carbocycles. The Hall–Kier alpha value is -0.630. The van der Waals surface area contributed by atoms with Gasteiger partial charge in [-0.15, -0.1) is 6.58 Å². The van der Waals surface area contributed by atoms with E-state index >= 15 is 0 Å². The SMILES string of the molecule is [2H]C([2H])([2H])[C@]1(C=C)O[C@H]([C@H](C)C=O)CC1([2H])[2H]. The molecule has 12 heavy (non-hydrogen) atoms. The molecule has 1 saturated heterocycles. The molecule has 0 spiro atoms. The van der Waals surface area contributed by atoms with Gasteiger partial charge in [0.2, 0.25) is 0 Å². The summed E-state index contributed by atoms with van der Waals surface area (Å²) in [6.45, 7) is 2.30. The monoisotopic (exact) mass is 173 g/mol. The molecular weight excluding hydrogens is 152 g/mol. The molecule has 0 aromatic rings. The van der Waals surface area contributed by atoms with Crippen molar-refractivity contribution in [3.05, 3.63) is 12.7 Å². The molecule has 3 atom stereocenters. The van der Waals surface area contributed by atoms with Gasteiger partial charge >= 0.3 is 0 Å². The molecule has 0 unspecified atom stereocenters. The lowest BCUT2D eigenvalue weighted by Gasteiger charge is -2.21. The van der Waals surface area contributed by atoms with Gasteiger partial charge < -0.3 is 9.53 Å². The van der Waals surface area contributed by atoms with E-state index in [-0.39, 0.29) is 6.42 Å². The maximum Gasteiger partial charge on any atom is 0.125 e. The average molecular weight is 173 g/mol. The molecule has 1 heterocycles. The molecule has 0 aliphatic carbocycles. The summed E-state index contributed by atoms with van der Waals surface area (Å²) < 4.78 is 43.3. The third-order valence-electron chi connectivity index (χ3n) is 1.99. The number of ether oxygens (including phenoxy) is 1. The Kier molecular flexibility index (Phi) is 1.29. The summed E-state index contributed by atoms with van der Waals surface area (Å²) in [4.78, 5) is 10.7. The first-order chi connectivity index (χ1) is 7.61. The van der Waals surface area contributed by atoms with Crippen LogP contribution in [0.5, 0.6) is 0 Å². The molecule has 0 N–H and O–H groups in total.